The number of hydrogen-bond acceptors (Lipinski definition) is 5. The van der Waals surface area contributed by atoms with E-state index in [1.54, 1.807) is 0 Å². The summed E-state index contributed by atoms with van der Waals surface area (Å²) in [6.07, 6.45) is 67.0. The molecular formula is C55H92O5. The van der Waals surface area contributed by atoms with Gasteiger partial charge in [-0.15, -0.1) is 0 Å². The van der Waals surface area contributed by atoms with E-state index in [0.717, 1.165) is 116 Å². The van der Waals surface area contributed by atoms with Crippen LogP contribution in [-0.4, -0.2) is 37.9 Å². The highest BCUT2D eigenvalue weighted by Gasteiger charge is 2.17. The molecule has 0 saturated heterocycles. The van der Waals surface area contributed by atoms with E-state index in [-0.39, 0.29) is 25.2 Å². The zero-order valence-electron chi connectivity index (χ0n) is 39.2. The van der Waals surface area contributed by atoms with Crippen LogP contribution in [0, 0.1) is 0 Å². The fourth-order valence-corrected chi connectivity index (χ4v) is 6.44. The van der Waals surface area contributed by atoms with Gasteiger partial charge in [-0.05, 0) is 109 Å². The SMILES string of the molecule is CC/C=C\C/C=C\C/C=C\C/C=C\CCCCCCCCCOCC(COC(=O)CCCCC/C=C\C/C=C\C/C=C\CC)OC(=O)CCCCCCC/C=C\CCCC. The molecule has 0 N–H and O–H groups in total. The predicted octanol–water partition coefficient (Wildman–Crippen LogP) is 16.7. The van der Waals surface area contributed by atoms with Crippen molar-refractivity contribution in [3.05, 3.63) is 97.2 Å². The van der Waals surface area contributed by atoms with Gasteiger partial charge in [0.2, 0.25) is 0 Å². The normalized spacial score (nSPS) is 13.1. The Balaban J connectivity index is 4.30. The summed E-state index contributed by atoms with van der Waals surface area (Å²) in [6, 6.07) is 0. The van der Waals surface area contributed by atoms with E-state index in [4.69, 9.17) is 14.2 Å². The van der Waals surface area contributed by atoms with Crippen molar-refractivity contribution in [2.75, 3.05) is 19.8 Å². The highest BCUT2D eigenvalue weighted by Crippen LogP contribution is 2.12. The van der Waals surface area contributed by atoms with Crippen LogP contribution in [0.4, 0.5) is 0 Å². The second-order valence-electron chi connectivity index (χ2n) is 15.9. The maximum absolute atomic E-state index is 12.7. The van der Waals surface area contributed by atoms with E-state index in [0.29, 0.717) is 19.4 Å². The Morgan fingerprint density at radius 1 is 0.383 bits per heavy atom. The van der Waals surface area contributed by atoms with Gasteiger partial charge in [0.25, 0.3) is 0 Å². The van der Waals surface area contributed by atoms with Gasteiger partial charge in [0.15, 0.2) is 6.10 Å². The molecule has 0 rings (SSSR count). The molecule has 1 unspecified atom stereocenters. The van der Waals surface area contributed by atoms with Gasteiger partial charge in [0, 0.05) is 19.4 Å². The van der Waals surface area contributed by atoms with Crippen molar-refractivity contribution in [1.29, 1.82) is 0 Å². The third-order valence-electron chi connectivity index (χ3n) is 10.1. The van der Waals surface area contributed by atoms with Gasteiger partial charge in [-0.2, -0.15) is 0 Å². The fourth-order valence-electron chi connectivity index (χ4n) is 6.44. The van der Waals surface area contributed by atoms with Gasteiger partial charge in [-0.1, -0.05) is 189 Å². The van der Waals surface area contributed by atoms with Crippen LogP contribution in [0.3, 0.4) is 0 Å². The van der Waals surface area contributed by atoms with E-state index in [2.05, 4.69) is 118 Å². The molecule has 0 aliphatic heterocycles. The summed E-state index contributed by atoms with van der Waals surface area (Å²) in [4.78, 5) is 25.3. The van der Waals surface area contributed by atoms with Crippen LogP contribution in [-0.2, 0) is 23.8 Å². The molecule has 0 aromatic carbocycles. The van der Waals surface area contributed by atoms with Crippen LogP contribution in [0.2, 0.25) is 0 Å². The summed E-state index contributed by atoms with van der Waals surface area (Å²) in [5, 5.41) is 0. The van der Waals surface area contributed by atoms with Gasteiger partial charge < -0.3 is 14.2 Å². The minimum Gasteiger partial charge on any atom is -0.462 e. The van der Waals surface area contributed by atoms with Crippen LogP contribution in [0.1, 0.15) is 213 Å². The molecule has 60 heavy (non-hydrogen) atoms. The Hall–Kier alpha value is -3.18. The molecule has 0 aliphatic carbocycles. The summed E-state index contributed by atoms with van der Waals surface area (Å²) in [5.41, 5.74) is 0. The van der Waals surface area contributed by atoms with Gasteiger partial charge in [-0.25, -0.2) is 0 Å². The van der Waals surface area contributed by atoms with E-state index in [9.17, 15) is 9.59 Å². The molecule has 342 valence electrons. The number of hydrogen-bond donors (Lipinski definition) is 0. The third kappa shape index (κ3) is 47.5. The van der Waals surface area contributed by atoms with Crippen LogP contribution < -0.4 is 0 Å². The van der Waals surface area contributed by atoms with E-state index in [1.807, 2.05) is 0 Å². The van der Waals surface area contributed by atoms with Crippen LogP contribution >= 0.6 is 0 Å². The molecule has 0 heterocycles. The molecule has 0 amide bonds. The van der Waals surface area contributed by atoms with E-state index in [1.165, 1.54) is 64.2 Å². The van der Waals surface area contributed by atoms with Crippen LogP contribution in [0.25, 0.3) is 0 Å². The summed E-state index contributed by atoms with van der Waals surface area (Å²) in [5.74, 6) is -0.454. The number of ether oxygens (including phenoxy) is 3. The predicted molar refractivity (Wildman–Crippen MR) is 260 cm³/mol. The lowest BCUT2D eigenvalue weighted by Gasteiger charge is -2.18. The molecule has 0 spiro atoms. The van der Waals surface area contributed by atoms with Gasteiger partial charge in [-0.3, -0.25) is 9.59 Å². The first-order chi connectivity index (χ1) is 29.6. The number of carbonyl (C=O) groups is 2. The van der Waals surface area contributed by atoms with E-state index < -0.39 is 6.10 Å². The van der Waals surface area contributed by atoms with Gasteiger partial charge in [0.05, 0.1) is 6.61 Å². The maximum atomic E-state index is 12.7. The molecule has 0 saturated carbocycles. The van der Waals surface area contributed by atoms with Crippen LogP contribution in [0.5, 0.6) is 0 Å². The smallest absolute Gasteiger partial charge is 0.306 e. The minimum atomic E-state index is -0.562. The number of allylic oxidation sites excluding steroid dienone is 16. The number of carbonyl (C=O) groups excluding carboxylic acids is 2. The fraction of sp³-hybridized carbons (Fsp3) is 0.673. The molecule has 1 atom stereocenters. The molecule has 0 aliphatic rings. The first-order valence-electron chi connectivity index (χ1n) is 24.8. The lowest BCUT2D eigenvalue weighted by atomic mass is 10.1. The summed E-state index contributed by atoms with van der Waals surface area (Å²) in [6.45, 7) is 7.49. The Kier molecular flexibility index (Phi) is 47.5. The highest BCUT2D eigenvalue weighted by molar-refractivity contribution is 5.70. The van der Waals surface area contributed by atoms with E-state index >= 15 is 0 Å². The number of esters is 2. The number of rotatable bonds is 44. The third-order valence-corrected chi connectivity index (χ3v) is 10.1. The molecule has 0 aromatic heterocycles. The largest absolute Gasteiger partial charge is 0.462 e. The van der Waals surface area contributed by atoms with Crippen molar-refractivity contribution in [3.8, 4) is 0 Å². The summed E-state index contributed by atoms with van der Waals surface area (Å²) < 4.78 is 17.3. The van der Waals surface area contributed by atoms with Crippen molar-refractivity contribution in [1.82, 2.24) is 0 Å². The zero-order chi connectivity index (χ0) is 43.5. The highest BCUT2D eigenvalue weighted by atomic mass is 16.6. The molecule has 0 aromatic rings. The van der Waals surface area contributed by atoms with Crippen molar-refractivity contribution >= 4 is 11.9 Å². The topological polar surface area (TPSA) is 61.8 Å². The maximum Gasteiger partial charge on any atom is 0.306 e. The molecule has 0 radical (unpaired) electrons. The zero-order valence-corrected chi connectivity index (χ0v) is 39.2. The average molecular weight is 833 g/mol. The minimum absolute atomic E-state index is 0.0573. The average Bonchev–Trinajstić information content (AvgIpc) is 3.25. The molecule has 5 heteroatoms. The Bertz CT molecular complexity index is 1170. The van der Waals surface area contributed by atoms with Crippen molar-refractivity contribution in [2.45, 2.75) is 219 Å². The molecule has 0 fully saturated rings. The summed E-state index contributed by atoms with van der Waals surface area (Å²) in [7, 11) is 0. The molecule has 5 nitrogen and oxygen atoms in total. The van der Waals surface area contributed by atoms with Crippen LogP contribution in [0.15, 0.2) is 97.2 Å². The lowest BCUT2D eigenvalue weighted by Crippen LogP contribution is -2.30. The Morgan fingerprint density at radius 2 is 0.750 bits per heavy atom. The molecular weight excluding hydrogens is 741 g/mol. The van der Waals surface area contributed by atoms with Crippen molar-refractivity contribution in [2.24, 2.45) is 0 Å². The standard InChI is InChI=1S/C55H92O5/c1-4-7-10-13-16-19-22-24-25-26-27-28-29-30-32-35-38-41-44-47-50-58-51-53(60-55(57)49-46-43-40-37-33-21-18-15-12-9-6-3)52-59-54(56)48-45-42-39-36-34-31-23-20-17-14-11-8-5-2/h7-8,10-11,15-20,24-25,27-28,31,34,53H,4-6,9,12-14,21-23,26,29-30,32-33,35-52H2,1-3H3/b10-7-,11-8-,18-15-,19-16-,20-17-,25-24-,28-27-,34-31-. The first-order valence-corrected chi connectivity index (χ1v) is 24.8. The van der Waals surface area contributed by atoms with Crippen molar-refractivity contribution in [3.63, 3.8) is 0 Å². The Labute approximate surface area is 371 Å². The summed E-state index contributed by atoms with van der Waals surface area (Å²) >= 11 is 0. The second kappa shape index (κ2) is 50.2. The Morgan fingerprint density at radius 3 is 1.23 bits per heavy atom. The van der Waals surface area contributed by atoms with Gasteiger partial charge in [0.1, 0.15) is 6.61 Å². The lowest BCUT2D eigenvalue weighted by molar-refractivity contribution is -0.163. The monoisotopic (exact) mass is 833 g/mol. The first kappa shape index (κ1) is 56.8. The van der Waals surface area contributed by atoms with Crippen molar-refractivity contribution < 1.29 is 23.8 Å². The van der Waals surface area contributed by atoms with Gasteiger partial charge >= 0.3 is 11.9 Å². The quantitative estimate of drug-likeness (QED) is 0.0348. The number of unbranched alkanes of at least 4 members (excludes halogenated alkanes) is 17. The second-order valence-corrected chi connectivity index (χ2v) is 15.9. The molecule has 0 bridgehead atoms.